The molecule has 0 aromatic carbocycles. The number of rotatable bonds is 3. The fourth-order valence-electron chi connectivity index (χ4n) is 2.38. The van der Waals surface area contributed by atoms with E-state index in [4.69, 9.17) is 27.6 Å². The number of pyridine rings is 1. The molecule has 7 nitrogen and oxygen atoms in total. The zero-order valence-electron chi connectivity index (χ0n) is 12.4. The summed E-state index contributed by atoms with van der Waals surface area (Å²) >= 11 is 11.6. The van der Waals surface area contributed by atoms with Gasteiger partial charge in [-0.3, -0.25) is 4.79 Å². The van der Waals surface area contributed by atoms with Crippen molar-refractivity contribution >= 4 is 39.1 Å². The molecule has 1 amide bonds. The summed E-state index contributed by atoms with van der Waals surface area (Å²) in [7, 11) is -3.74. The summed E-state index contributed by atoms with van der Waals surface area (Å²) in [5.74, 6) is -0.0201. The summed E-state index contributed by atoms with van der Waals surface area (Å²) in [6, 6.07) is 4.48. The number of hydrogen-bond acceptors (Lipinski definition) is 5. The lowest BCUT2D eigenvalue weighted by Gasteiger charge is -2.33. The van der Waals surface area contributed by atoms with E-state index < -0.39 is 10.0 Å². The minimum absolute atomic E-state index is 0.0253. The lowest BCUT2D eigenvalue weighted by molar-refractivity contribution is 0.0666. The fourth-order valence-corrected chi connectivity index (χ4v) is 4.11. The maximum Gasteiger partial charge on any atom is 0.289 e. The molecule has 3 rings (SSSR count). The van der Waals surface area contributed by atoms with Crippen LogP contribution in [0.5, 0.6) is 0 Å². The van der Waals surface area contributed by atoms with Crippen LogP contribution in [-0.2, 0) is 10.0 Å². The standard InChI is InChI=1S/C14H13Cl2N3O4S/c15-11-8-10(9-17-13(11)16)24(21,22)19-5-3-18(4-6-19)14(20)12-2-1-7-23-12/h1-2,7-9H,3-6H2. The Bertz CT molecular complexity index is 847. The molecule has 0 unspecified atom stereocenters. The van der Waals surface area contributed by atoms with Crippen molar-refractivity contribution in [2.24, 2.45) is 0 Å². The lowest BCUT2D eigenvalue weighted by atomic mass is 10.3. The van der Waals surface area contributed by atoms with Crippen LogP contribution in [0.15, 0.2) is 40.0 Å². The van der Waals surface area contributed by atoms with Crippen molar-refractivity contribution in [1.29, 1.82) is 0 Å². The number of nitrogens with zero attached hydrogens (tertiary/aromatic N) is 3. The van der Waals surface area contributed by atoms with Gasteiger partial charge in [0.2, 0.25) is 10.0 Å². The van der Waals surface area contributed by atoms with E-state index in [1.165, 1.54) is 22.8 Å². The molecule has 0 saturated carbocycles. The number of sulfonamides is 1. The Morgan fingerprint density at radius 1 is 1.21 bits per heavy atom. The third kappa shape index (κ3) is 3.27. The van der Waals surface area contributed by atoms with Crippen LogP contribution in [0.1, 0.15) is 10.6 Å². The SMILES string of the molecule is O=C(c1ccco1)N1CCN(S(=O)(=O)c2cnc(Cl)c(Cl)c2)CC1. The molecule has 0 N–H and O–H groups in total. The van der Waals surface area contributed by atoms with Crippen LogP contribution in [-0.4, -0.2) is 54.7 Å². The molecule has 0 aliphatic carbocycles. The zero-order valence-corrected chi connectivity index (χ0v) is 14.7. The Kier molecular flexibility index (Phi) is 4.82. The normalized spacial score (nSPS) is 16.3. The van der Waals surface area contributed by atoms with E-state index in [9.17, 15) is 13.2 Å². The Morgan fingerprint density at radius 3 is 2.50 bits per heavy atom. The maximum absolute atomic E-state index is 12.6. The molecule has 1 aliphatic rings. The highest BCUT2D eigenvalue weighted by Crippen LogP contribution is 2.25. The highest BCUT2D eigenvalue weighted by Gasteiger charge is 2.31. The number of carbonyl (C=O) groups is 1. The first-order chi connectivity index (χ1) is 11.4. The summed E-state index contributed by atoms with van der Waals surface area (Å²) in [5, 5.41) is 0.119. The molecule has 1 aliphatic heterocycles. The number of aromatic nitrogens is 1. The van der Waals surface area contributed by atoms with Gasteiger partial charge >= 0.3 is 0 Å². The molecule has 0 bridgehead atoms. The predicted molar refractivity (Wildman–Crippen MR) is 87.6 cm³/mol. The van der Waals surface area contributed by atoms with Gasteiger partial charge in [0.05, 0.1) is 11.3 Å². The van der Waals surface area contributed by atoms with E-state index in [2.05, 4.69) is 4.98 Å². The highest BCUT2D eigenvalue weighted by molar-refractivity contribution is 7.89. The van der Waals surface area contributed by atoms with Gasteiger partial charge in [-0.1, -0.05) is 23.2 Å². The number of furan rings is 1. The van der Waals surface area contributed by atoms with E-state index in [1.54, 1.807) is 17.0 Å². The Balaban J connectivity index is 1.71. The van der Waals surface area contributed by atoms with E-state index in [0.717, 1.165) is 0 Å². The maximum atomic E-state index is 12.6. The van der Waals surface area contributed by atoms with Gasteiger partial charge in [-0.2, -0.15) is 4.31 Å². The Morgan fingerprint density at radius 2 is 1.92 bits per heavy atom. The molecule has 2 aromatic heterocycles. The average Bonchev–Trinajstić information content (AvgIpc) is 3.11. The number of hydrogen-bond donors (Lipinski definition) is 0. The van der Waals surface area contributed by atoms with Crippen molar-refractivity contribution in [3.63, 3.8) is 0 Å². The van der Waals surface area contributed by atoms with E-state index in [1.807, 2.05) is 0 Å². The summed E-state index contributed by atoms with van der Waals surface area (Å²) in [4.78, 5) is 17.5. The molecule has 2 aromatic rings. The van der Waals surface area contributed by atoms with Gasteiger partial charge < -0.3 is 9.32 Å². The first kappa shape index (κ1) is 17.2. The molecular weight excluding hydrogens is 377 g/mol. The van der Waals surface area contributed by atoms with Crippen LogP contribution in [0.4, 0.5) is 0 Å². The van der Waals surface area contributed by atoms with Crippen LogP contribution >= 0.6 is 23.2 Å². The number of amides is 1. The Labute approximate surface area is 148 Å². The predicted octanol–water partition coefficient (Wildman–Crippen LogP) is 2.13. The van der Waals surface area contributed by atoms with Crippen LogP contribution in [0.2, 0.25) is 10.2 Å². The number of carbonyl (C=O) groups excluding carboxylic acids is 1. The molecule has 10 heteroatoms. The molecule has 0 atom stereocenters. The van der Waals surface area contributed by atoms with Gasteiger partial charge in [-0.25, -0.2) is 13.4 Å². The Hall–Kier alpha value is -1.61. The molecule has 128 valence electrons. The fraction of sp³-hybridized carbons (Fsp3) is 0.286. The monoisotopic (exact) mass is 389 g/mol. The first-order valence-electron chi connectivity index (χ1n) is 7.03. The summed E-state index contributed by atoms with van der Waals surface area (Å²) in [5.41, 5.74) is 0. The van der Waals surface area contributed by atoms with Gasteiger partial charge in [0.25, 0.3) is 5.91 Å². The van der Waals surface area contributed by atoms with E-state index in [0.29, 0.717) is 0 Å². The van der Waals surface area contributed by atoms with Crippen LogP contribution in [0.25, 0.3) is 0 Å². The summed E-state index contributed by atoms with van der Waals surface area (Å²) < 4.78 is 31.6. The quantitative estimate of drug-likeness (QED) is 0.750. The molecule has 3 heterocycles. The second kappa shape index (κ2) is 6.72. The highest BCUT2D eigenvalue weighted by atomic mass is 35.5. The van der Waals surface area contributed by atoms with E-state index in [-0.39, 0.29) is 52.9 Å². The van der Waals surface area contributed by atoms with E-state index >= 15 is 0 Å². The topological polar surface area (TPSA) is 83.7 Å². The van der Waals surface area contributed by atoms with Gasteiger partial charge in [0.15, 0.2) is 5.76 Å². The number of halogens is 2. The van der Waals surface area contributed by atoms with Crippen molar-refractivity contribution in [1.82, 2.24) is 14.2 Å². The van der Waals surface area contributed by atoms with Gasteiger partial charge in [-0.05, 0) is 18.2 Å². The van der Waals surface area contributed by atoms with Crippen molar-refractivity contribution in [3.05, 3.63) is 46.6 Å². The molecule has 1 saturated heterocycles. The van der Waals surface area contributed by atoms with Crippen LogP contribution in [0.3, 0.4) is 0 Å². The summed E-state index contributed by atoms with van der Waals surface area (Å²) in [6.45, 7) is 0.894. The van der Waals surface area contributed by atoms with Crippen LogP contribution in [0, 0.1) is 0 Å². The molecule has 0 radical (unpaired) electrons. The second-order valence-electron chi connectivity index (χ2n) is 5.12. The molecular formula is C14H13Cl2N3O4S. The lowest BCUT2D eigenvalue weighted by Crippen LogP contribution is -2.50. The van der Waals surface area contributed by atoms with Gasteiger partial charge in [0.1, 0.15) is 10.0 Å². The molecule has 1 fully saturated rings. The third-order valence-electron chi connectivity index (χ3n) is 3.67. The second-order valence-corrected chi connectivity index (χ2v) is 7.82. The third-order valence-corrected chi connectivity index (χ3v) is 6.22. The number of piperazine rings is 1. The van der Waals surface area contributed by atoms with Crippen molar-refractivity contribution in [3.8, 4) is 0 Å². The molecule has 0 spiro atoms. The van der Waals surface area contributed by atoms with Crippen molar-refractivity contribution in [2.75, 3.05) is 26.2 Å². The zero-order chi connectivity index (χ0) is 17.3. The minimum atomic E-state index is -3.74. The van der Waals surface area contributed by atoms with Crippen LogP contribution < -0.4 is 0 Å². The molecule has 24 heavy (non-hydrogen) atoms. The smallest absolute Gasteiger partial charge is 0.289 e. The van der Waals surface area contributed by atoms with Gasteiger partial charge in [-0.15, -0.1) is 0 Å². The van der Waals surface area contributed by atoms with Gasteiger partial charge in [0, 0.05) is 32.4 Å². The first-order valence-corrected chi connectivity index (χ1v) is 9.23. The van der Waals surface area contributed by atoms with Crippen molar-refractivity contribution in [2.45, 2.75) is 4.90 Å². The minimum Gasteiger partial charge on any atom is -0.459 e. The van der Waals surface area contributed by atoms with Crippen molar-refractivity contribution < 1.29 is 17.6 Å². The average molecular weight is 390 g/mol. The summed E-state index contributed by atoms with van der Waals surface area (Å²) in [6.07, 6.45) is 2.59. The largest absolute Gasteiger partial charge is 0.459 e.